The van der Waals surface area contributed by atoms with Gasteiger partial charge in [0.2, 0.25) is 11.3 Å². The van der Waals surface area contributed by atoms with Crippen molar-refractivity contribution in [1.29, 1.82) is 0 Å². The third-order valence-corrected chi connectivity index (χ3v) is 7.29. The number of benzene rings is 3. The summed E-state index contributed by atoms with van der Waals surface area (Å²) in [6.45, 7) is 5.04. The number of rotatable bonds is 9. The number of aryl methyl sites for hydroxylation is 3. The van der Waals surface area contributed by atoms with Crippen molar-refractivity contribution in [2.24, 2.45) is 0 Å². The zero-order valence-electron chi connectivity index (χ0n) is 29.2. The highest BCUT2D eigenvalue weighted by molar-refractivity contribution is 5.73. The normalized spacial score (nSPS) is 10.0. The SMILES string of the molecule is COc1ccc(-c2ccc3onc(C)c3[n+]2O)cc1.COc1ccc(CC=O)cc1.COc1ccc(CCO)cc1.Cc1noc(C)c1[N+](=O)[O-]. The first-order valence-corrected chi connectivity index (χ1v) is 15.6. The minimum absolute atomic E-state index is 0.0278. The summed E-state index contributed by atoms with van der Waals surface area (Å²) < 4.78 is 25.8. The van der Waals surface area contributed by atoms with Gasteiger partial charge in [0, 0.05) is 30.7 Å². The Kier molecular flexibility index (Phi) is 15.1. The number of hydrogen-bond acceptors (Lipinski definition) is 12. The first kappa shape index (κ1) is 39.2. The summed E-state index contributed by atoms with van der Waals surface area (Å²) in [5.74, 6) is 2.70. The number of aromatic nitrogens is 3. The lowest BCUT2D eigenvalue weighted by atomic mass is 10.1. The van der Waals surface area contributed by atoms with Gasteiger partial charge in [-0.2, -0.15) is 0 Å². The molecule has 0 bridgehead atoms. The van der Waals surface area contributed by atoms with E-state index in [1.165, 1.54) is 13.8 Å². The highest BCUT2D eigenvalue weighted by atomic mass is 16.6. The zero-order chi connectivity index (χ0) is 37.3. The van der Waals surface area contributed by atoms with Crippen molar-refractivity contribution in [1.82, 2.24) is 10.3 Å². The van der Waals surface area contributed by atoms with Crippen LogP contribution in [0.2, 0.25) is 0 Å². The fourth-order valence-electron chi connectivity index (χ4n) is 4.59. The predicted octanol–water partition coefficient (Wildman–Crippen LogP) is 6.20. The van der Waals surface area contributed by atoms with Gasteiger partial charge >= 0.3 is 11.2 Å². The number of nitrogens with zero attached hydrogens (tertiary/aromatic N) is 4. The largest absolute Gasteiger partial charge is 0.497 e. The second-order valence-corrected chi connectivity index (χ2v) is 10.7. The average Bonchev–Trinajstić information content (AvgIpc) is 3.70. The molecule has 0 amide bonds. The quantitative estimate of drug-likeness (QED) is 0.0573. The van der Waals surface area contributed by atoms with Crippen LogP contribution in [0, 0.1) is 30.9 Å². The fraction of sp³-hybridized carbons (Fsp3) is 0.243. The molecule has 0 aliphatic rings. The summed E-state index contributed by atoms with van der Waals surface area (Å²) in [6, 6.07) is 26.2. The van der Waals surface area contributed by atoms with Gasteiger partial charge in [0.15, 0.2) is 11.4 Å². The average molecular weight is 702 g/mol. The number of carbonyl (C=O) groups excluding carboxylic acids is 1. The Balaban J connectivity index is 0.000000192. The van der Waals surface area contributed by atoms with E-state index < -0.39 is 4.92 Å². The van der Waals surface area contributed by atoms with Crippen LogP contribution in [0.1, 0.15) is 28.3 Å². The molecule has 6 aromatic rings. The maximum Gasteiger partial charge on any atom is 0.334 e. The van der Waals surface area contributed by atoms with E-state index >= 15 is 0 Å². The monoisotopic (exact) mass is 701 g/mol. The number of aliphatic hydroxyl groups is 1. The number of aldehydes is 1. The van der Waals surface area contributed by atoms with Crippen LogP contribution >= 0.6 is 0 Å². The number of nitro groups is 1. The third-order valence-electron chi connectivity index (χ3n) is 7.29. The van der Waals surface area contributed by atoms with Crippen LogP contribution in [0.25, 0.3) is 22.4 Å². The maximum atomic E-state index is 10.3. The van der Waals surface area contributed by atoms with Crippen LogP contribution in [0.15, 0.2) is 94.0 Å². The molecule has 3 heterocycles. The second-order valence-electron chi connectivity index (χ2n) is 10.7. The Morgan fingerprint density at radius 2 is 1.27 bits per heavy atom. The summed E-state index contributed by atoms with van der Waals surface area (Å²) in [4.78, 5) is 19.8. The molecule has 0 atom stereocenters. The predicted molar refractivity (Wildman–Crippen MR) is 187 cm³/mol. The molecule has 0 spiro atoms. The van der Waals surface area contributed by atoms with Gasteiger partial charge in [-0.3, -0.25) is 15.3 Å². The van der Waals surface area contributed by atoms with Gasteiger partial charge in [-0.05, 0) is 86.0 Å². The van der Waals surface area contributed by atoms with Crippen LogP contribution < -0.4 is 18.9 Å². The number of fused-ring (bicyclic) bond motifs is 1. The smallest absolute Gasteiger partial charge is 0.334 e. The first-order valence-electron chi connectivity index (χ1n) is 15.6. The van der Waals surface area contributed by atoms with Crippen LogP contribution in [-0.4, -0.2) is 59.8 Å². The molecule has 51 heavy (non-hydrogen) atoms. The Morgan fingerprint density at radius 3 is 1.71 bits per heavy atom. The van der Waals surface area contributed by atoms with Gasteiger partial charge in [-0.1, -0.05) is 34.6 Å². The molecule has 14 heteroatoms. The molecule has 0 aliphatic carbocycles. The molecule has 0 unspecified atom stereocenters. The van der Waals surface area contributed by atoms with E-state index in [1.807, 2.05) is 72.8 Å². The fourth-order valence-corrected chi connectivity index (χ4v) is 4.59. The second kappa shape index (κ2) is 19.7. The Morgan fingerprint density at radius 1 is 0.765 bits per heavy atom. The number of methoxy groups -OCH3 is 3. The summed E-state index contributed by atoms with van der Waals surface area (Å²) in [7, 11) is 4.88. The summed E-state index contributed by atoms with van der Waals surface area (Å²) in [5, 5.41) is 36.4. The van der Waals surface area contributed by atoms with Crippen molar-refractivity contribution in [2.45, 2.75) is 33.6 Å². The molecule has 0 saturated carbocycles. The van der Waals surface area contributed by atoms with E-state index in [2.05, 4.69) is 14.8 Å². The van der Waals surface area contributed by atoms with E-state index in [0.29, 0.717) is 41.0 Å². The minimum atomic E-state index is -0.499. The lowest BCUT2D eigenvalue weighted by Gasteiger charge is -2.01. The van der Waals surface area contributed by atoms with Crippen LogP contribution in [0.5, 0.6) is 17.2 Å². The first-order chi connectivity index (χ1) is 24.6. The van der Waals surface area contributed by atoms with Crippen molar-refractivity contribution in [3.8, 4) is 28.5 Å². The van der Waals surface area contributed by atoms with E-state index in [0.717, 1.165) is 45.0 Å². The van der Waals surface area contributed by atoms with Crippen LogP contribution in [-0.2, 0) is 17.6 Å². The summed E-state index contributed by atoms with van der Waals surface area (Å²) in [6.07, 6.45) is 2.08. The molecule has 0 saturated heterocycles. The topological polar surface area (TPSA) is 184 Å². The zero-order valence-corrected chi connectivity index (χ0v) is 29.2. The van der Waals surface area contributed by atoms with Crippen molar-refractivity contribution in [2.75, 3.05) is 27.9 Å². The molecular formula is C37H41N4O10+. The molecular weight excluding hydrogens is 660 g/mol. The molecule has 268 valence electrons. The van der Waals surface area contributed by atoms with Gasteiger partial charge in [-0.15, -0.1) is 0 Å². The van der Waals surface area contributed by atoms with Crippen molar-refractivity contribution in [3.05, 3.63) is 123 Å². The van der Waals surface area contributed by atoms with E-state index in [1.54, 1.807) is 40.4 Å². The number of hydrogen-bond donors (Lipinski definition) is 2. The summed E-state index contributed by atoms with van der Waals surface area (Å²) in [5.41, 5.74) is 5.77. The highest BCUT2D eigenvalue weighted by Crippen LogP contribution is 2.23. The molecule has 3 aromatic heterocycles. The van der Waals surface area contributed by atoms with E-state index in [9.17, 15) is 20.1 Å². The Labute approximate surface area is 294 Å². The lowest BCUT2D eigenvalue weighted by Crippen LogP contribution is -2.33. The number of carbonyl (C=O) groups is 1. The molecule has 0 aliphatic heterocycles. The van der Waals surface area contributed by atoms with Gasteiger partial charge in [0.25, 0.3) is 5.69 Å². The van der Waals surface area contributed by atoms with E-state index in [-0.39, 0.29) is 18.1 Å². The minimum Gasteiger partial charge on any atom is -0.497 e. The molecule has 0 radical (unpaired) electrons. The molecule has 6 rings (SSSR count). The van der Waals surface area contributed by atoms with Crippen molar-refractivity contribution < 1.29 is 48.0 Å². The van der Waals surface area contributed by atoms with Crippen LogP contribution in [0.4, 0.5) is 5.69 Å². The van der Waals surface area contributed by atoms with E-state index in [4.69, 9.17) is 23.8 Å². The van der Waals surface area contributed by atoms with Gasteiger partial charge < -0.3 is 33.2 Å². The summed E-state index contributed by atoms with van der Waals surface area (Å²) >= 11 is 0. The van der Waals surface area contributed by atoms with Crippen LogP contribution in [0.3, 0.4) is 0 Å². The molecule has 14 nitrogen and oxygen atoms in total. The third kappa shape index (κ3) is 11.1. The maximum absolute atomic E-state index is 10.3. The lowest BCUT2D eigenvalue weighted by molar-refractivity contribution is -0.876. The molecule has 3 aromatic carbocycles. The highest BCUT2D eigenvalue weighted by Gasteiger charge is 2.23. The van der Waals surface area contributed by atoms with Gasteiger partial charge in [-0.25, -0.2) is 0 Å². The number of pyridine rings is 1. The van der Waals surface area contributed by atoms with Crippen molar-refractivity contribution in [3.63, 3.8) is 0 Å². The van der Waals surface area contributed by atoms with Gasteiger partial charge in [0.1, 0.15) is 23.5 Å². The number of ether oxygens (including phenoxy) is 3. The Hall–Kier alpha value is -6.28. The van der Waals surface area contributed by atoms with Crippen molar-refractivity contribution >= 4 is 23.1 Å². The Bertz CT molecular complexity index is 1950. The number of aliphatic hydroxyl groups excluding tert-OH is 1. The molecule has 2 N–H and O–H groups in total. The van der Waals surface area contributed by atoms with Gasteiger partial charge in [0.05, 0.1) is 31.8 Å². The molecule has 0 fully saturated rings. The standard InChI is InChI=1S/C14H13N2O3.C9H12O2.C9H10O2.C5H6N2O3/c1-9-14-13(19-15-9)8-7-12(16(14)17)10-3-5-11(18-2)6-4-10;2*1-11-9-4-2-8(3-5-9)6-7-10;1-3-5(7(8)9)4(2)10-6-3/h3-8,17H,1-2H3;2-5,10H,6-7H2,1H3;2-5,7H,6H2,1H3;1-2H3/q+1;;;.